The van der Waals surface area contributed by atoms with E-state index in [0.29, 0.717) is 27.3 Å². The van der Waals surface area contributed by atoms with Crippen molar-refractivity contribution in [2.45, 2.75) is 13.2 Å². The van der Waals surface area contributed by atoms with E-state index in [0.717, 1.165) is 11.1 Å². The fourth-order valence-electron chi connectivity index (χ4n) is 2.84. The molecule has 0 saturated heterocycles. The van der Waals surface area contributed by atoms with Crippen LogP contribution >= 0.6 is 34.5 Å². The third kappa shape index (κ3) is 5.43. The topological polar surface area (TPSA) is 64.1 Å². The molecule has 1 N–H and O–H groups in total. The second kappa shape index (κ2) is 10.1. The van der Waals surface area contributed by atoms with Crippen molar-refractivity contribution < 1.29 is 13.9 Å². The number of carbonyl (C=O) groups excluding carboxylic acids is 1. The minimum absolute atomic E-state index is 0.174. The van der Waals surface area contributed by atoms with E-state index in [-0.39, 0.29) is 23.8 Å². The first-order chi connectivity index (χ1) is 15.5. The Morgan fingerprint density at radius 1 is 1.16 bits per heavy atom. The van der Waals surface area contributed by atoms with E-state index in [1.54, 1.807) is 54.2 Å². The van der Waals surface area contributed by atoms with Crippen LogP contribution in [0.5, 0.6) is 5.75 Å². The summed E-state index contributed by atoms with van der Waals surface area (Å²) < 4.78 is 20.4. The van der Waals surface area contributed by atoms with Crippen LogP contribution in [0, 0.1) is 5.82 Å². The maximum Gasteiger partial charge on any atom is 0.271 e. The molecule has 4 aromatic rings. The molecule has 0 aliphatic rings. The Hall–Kier alpha value is -3.00. The fourth-order valence-corrected chi connectivity index (χ4v) is 4.13. The van der Waals surface area contributed by atoms with Gasteiger partial charge in [-0.15, -0.1) is 11.3 Å². The van der Waals surface area contributed by atoms with Crippen LogP contribution in [-0.4, -0.2) is 15.9 Å². The van der Waals surface area contributed by atoms with Crippen molar-refractivity contribution in [2.75, 3.05) is 0 Å². The van der Waals surface area contributed by atoms with Gasteiger partial charge in [-0.05, 0) is 35.9 Å². The van der Waals surface area contributed by atoms with Crippen molar-refractivity contribution in [1.82, 2.24) is 15.3 Å². The first-order valence-electron chi connectivity index (χ1n) is 9.49. The monoisotopic (exact) mass is 487 g/mol. The number of benzene rings is 2. The van der Waals surface area contributed by atoms with E-state index in [1.165, 1.54) is 17.4 Å². The van der Waals surface area contributed by atoms with Crippen LogP contribution in [-0.2, 0) is 13.2 Å². The van der Waals surface area contributed by atoms with Crippen LogP contribution in [0.3, 0.4) is 0 Å². The van der Waals surface area contributed by atoms with Crippen LogP contribution in [0.25, 0.3) is 10.6 Å². The van der Waals surface area contributed by atoms with Gasteiger partial charge in [-0.2, -0.15) is 0 Å². The van der Waals surface area contributed by atoms with E-state index < -0.39 is 5.82 Å². The van der Waals surface area contributed by atoms with Crippen LogP contribution < -0.4 is 10.1 Å². The van der Waals surface area contributed by atoms with E-state index in [9.17, 15) is 9.18 Å². The molecule has 0 bridgehead atoms. The number of carbonyl (C=O) groups is 1. The molecule has 5 nitrogen and oxygen atoms in total. The minimum atomic E-state index is -0.499. The molecule has 1 amide bonds. The van der Waals surface area contributed by atoms with Gasteiger partial charge in [-0.1, -0.05) is 35.3 Å². The molecule has 0 saturated carbocycles. The summed E-state index contributed by atoms with van der Waals surface area (Å²) in [4.78, 5) is 20.6. The predicted octanol–water partition coefficient (Wildman–Crippen LogP) is 6.16. The molecule has 0 fully saturated rings. The molecule has 9 heteroatoms. The lowest BCUT2D eigenvalue weighted by atomic mass is 10.2. The standard InChI is InChI=1S/C23H16Cl2FN3O2S/c24-16-4-3-15(19(25)8-16)12-31-17-5-6-18(20(26)9-17)23-29-21(13-32-23)22(30)28-11-14-2-1-7-27-10-14/h1-10,13H,11-12H2,(H,28,30). The molecule has 0 aliphatic heterocycles. The average Bonchev–Trinajstić information content (AvgIpc) is 3.28. The highest BCUT2D eigenvalue weighted by Gasteiger charge is 2.15. The van der Waals surface area contributed by atoms with Gasteiger partial charge in [0.15, 0.2) is 0 Å². The van der Waals surface area contributed by atoms with Crippen molar-refractivity contribution in [3.8, 4) is 16.3 Å². The first-order valence-corrected chi connectivity index (χ1v) is 11.1. The molecule has 32 heavy (non-hydrogen) atoms. The van der Waals surface area contributed by atoms with Crippen molar-refractivity contribution >= 4 is 40.4 Å². The quantitative estimate of drug-likeness (QED) is 0.339. The zero-order chi connectivity index (χ0) is 22.5. The maximum absolute atomic E-state index is 14.7. The average molecular weight is 488 g/mol. The first kappa shape index (κ1) is 22.2. The number of halogens is 3. The van der Waals surface area contributed by atoms with E-state index in [4.69, 9.17) is 27.9 Å². The molecule has 2 aromatic carbocycles. The summed E-state index contributed by atoms with van der Waals surface area (Å²) in [6.07, 6.45) is 3.34. The van der Waals surface area contributed by atoms with Crippen LogP contribution in [0.1, 0.15) is 21.6 Å². The summed E-state index contributed by atoms with van der Waals surface area (Å²) in [6.45, 7) is 0.505. The number of hydrogen-bond acceptors (Lipinski definition) is 5. The highest BCUT2D eigenvalue weighted by atomic mass is 35.5. The Labute approximate surface area is 197 Å². The second-order valence-electron chi connectivity index (χ2n) is 6.75. The molecule has 162 valence electrons. The molecule has 2 heterocycles. The van der Waals surface area contributed by atoms with Gasteiger partial charge in [0.25, 0.3) is 5.91 Å². The van der Waals surface area contributed by atoms with Gasteiger partial charge in [0.05, 0.1) is 0 Å². The second-order valence-corrected chi connectivity index (χ2v) is 8.45. The Kier molecular flexibility index (Phi) is 6.99. The molecule has 4 rings (SSSR count). The molecular formula is C23H16Cl2FN3O2S. The zero-order valence-electron chi connectivity index (χ0n) is 16.5. The highest BCUT2D eigenvalue weighted by molar-refractivity contribution is 7.13. The molecule has 0 unspecified atom stereocenters. The lowest BCUT2D eigenvalue weighted by Gasteiger charge is -2.09. The Morgan fingerprint density at radius 3 is 2.78 bits per heavy atom. The summed E-state index contributed by atoms with van der Waals surface area (Å²) in [5.74, 6) is -0.485. The number of amides is 1. The van der Waals surface area contributed by atoms with Gasteiger partial charge in [-0.25, -0.2) is 9.37 Å². The zero-order valence-corrected chi connectivity index (χ0v) is 18.8. The molecule has 2 aromatic heterocycles. The smallest absolute Gasteiger partial charge is 0.271 e. The fraction of sp³-hybridized carbons (Fsp3) is 0.0870. The van der Waals surface area contributed by atoms with Crippen LogP contribution in [0.4, 0.5) is 4.39 Å². The number of ether oxygens (including phenoxy) is 1. The maximum atomic E-state index is 14.7. The summed E-state index contributed by atoms with van der Waals surface area (Å²) in [5, 5.41) is 5.79. The van der Waals surface area contributed by atoms with Crippen molar-refractivity contribution in [1.29, 1.82) is 0 Å². The number of thiazole rings is 1. The number of nitrogens with zero attached hydrogens (tertiary/aromatic N) is 2. The normalized spacial score (nSPS) is 10.7. The third-order valence-corrected chi connectivity index (χ3v) is 5.96. The number of hydrogen-bond donors (Lipinski definition) is 1. The lowest BCUT2D eigenvalue weighted by molar-refractivity contribution is 0.0946. The summed E-state index contributed by atoms with van der Waals surface area (Å²) in [5.41, 5.74) is 2.13. The third-order valence-electron chi connectivity index (χ3n) is 4.49. The number of rotatable bonds is 7. The summed E-state index contributed by atoms with van der Waals surface area (Å²) in [7, 11) is 0. The van der Waals surface area contributed by atoms with Crippen molar-refractivity contribution in [3.63, 3.8) is 0 Å². The van der Waals surface area contributed by atoms with Crippen LogP contribution in [0.15, 0.2) is 66.3 Å². The van der Waals surface area contributed by atoms with Crippen molar-refractivity contribution in [2.24, 2.45) is 0 Å². The highest BCUT2D eigenvalue weighted by Crippen LogP contribution is 2.30. The lowest BCUT2D eigenvalue weighted by Crippen LogP contribution is -2.23. The predicted molar refractivity (Wildman–Crippen MR) is 124 cm³/mol. The van der Waals surface area contributed by atoms with Crippen molar-refractivity contribution in [3.05, 3.63) is 99.0 Å². The minimum Gasteiger partial charge on any atom is -0.489 e. The summed E-state index contributed by atoms with van der Waals surface area (Å²) >= 11 is 13.2. The van der Waals surface area contributed by atoms with Gasteiger partial charge in [0.2, 0.25) is 0 Å². The Balaban J connectivity index is 1.41. The Bertz CT molecular complexity index is 1250. The molecular weight excluding hydrogens is 472 g/mol. The van der Waals surface area contributed by atoms with E-state index >= 15 is 0 Å². The van der Waals surface area contributed by atoms with Gasteiger partial charge in [-0.3, -0.25) is 9.78 Å². The largest absolute Gasteiger partial charge is 0.489 e. The number of pyridine rings is 1. The van der Waals surface area contributed by atoms with Crippen LogP contribution in [0.2, 0.25) is 10.0 Å². The van der Waals surface area contributed by atoms with E-state index in [1.807, 2.05) is 6.07 Å². The van der Waals surface area contributed by atoms with E-state index in [2.05, 4.69) is 15.3 Å². The van der Waals surface area contributed by atoms with Gasteiger partial charge in [0, 0.05) is 51.6 Å². The molecule has 0 spiro atoms. The number of nitrogens with one attached hydrogen (secondary N) is 1. The Morgan fingerprint density at radius 2 is 2.03 bits per heavy atom. The SMILES string of the molecule is O=C(NCc1cccnc1)c1csc(-c2ccc(OCc3ccc(Cl)cc3Cl)cc2F)n1. The van der Waals surface area contributed by atoms with Gasteiger partial charge >= 0.3 is 0 Å². The van der Waals surface area contributed by atoms with Gasteiger partial charge < -0.3 is 10.1 Å². The van der Waals surface area contributed by atoms with Gasteiger partial charge in [0.1, 0.15) is 28.9 Å². The molecule has 0 radical (unpaired) electrons. The molecule has 0 aliphatic carbocycles. The number of aromatic nitrogens is 2. The molecule has 0 atom stereocenters. The summed E-state index contributed by atoms with van der Waals surface area (Å²) in [6, 6.07) is 13.2.